The van der Waals surface area contributed by atoms with Crippen LogP contribution < -0.4 is 5.32 Å². The molecule has 0 spiro atoms. The Morgan fingerprint density at radius 1 is 1.10 bits per heavy atom. The zero-order valence-corrected chi connectivity index (χ0v) is 17.9. The van der Waals surface area contributed by atoms with E-state index in [9.17, 15) is 9.18 Å². The monoisotopic (exact) mass is 433 g/mol. The van der Waals surface area contributed by atoms with Gasteiger partial charge in [-0.1, -0.05) is 29.5 Å². The van der Waals surface area contributed by atoms with Gasteiger partial charge in [0.25, 0.3) is 5.91 Å². The van der Waals surface area contributed by atoms with Crippen LogP contribution in [0.4, 0.5) is 4.39 Å². The van der Waals surface area contributed by atoms with Crippen molar-refractivity contribution in [1.82, 2.24) is 25.3 Å². The molecule has 0 atom stereocenters. The highest BCUT2D eigenvalue weighted by Gasteiger charge is 2.24. The lowest BCUT2D eigenvalue weighted by Gasteiger charge is -2.11. The molecule has 0 bridgehead atoms. The van der Waals surface area contributed by atoms with E-state index in [0.29, 0.717) is 29.2 Å². The van der Waals surface area contributed by atoms with E-state index in [4.69, 9.17) is 0 Å². The van der Waals surface area contributed by atoms with Gasteiger partial charge in [0.15, 0.2) is 5.69 Å². The molecule has 4 rings (SSSR count). The van der Waals surface area contributed by atoms with E-state index in [1.807, 2.05) is 36.6 Å². The molecule has 0 aliphatic rings. The number of aromatic nitrogens is 4. The molecule has 1 amide bonds. The Kier molecular flexibility index (Phi) is 6.08. The van der Waals surface area contributed by atoms with E-state index in [-0.39, 0.29) is 17.4 Å². The van der Waals surface area contributed by atoms with Crippen molar-refractivity contribution in [2.75, 3.05) is 6.26 Å². The fraction of sp³-hybridized carbons (Fsp3) is 0.130. The van der Waals surface area contributed by atoms with Crippen LogP contribution in [0.25, 0.3) is 17.1 Å². The molecule has 1 N–H and O–H groups in total. The number of halogens is 1. The van der Waals surface area contributed by atoms with Gasteiger partial charge in [-0.3, -0.25) is 9.78 Å². The highest BCUT2D eigenvalue weighted by atomic mass is 32.2. The number of carbonyl (C=O) groups is 1. The van der Waals surface area contributed by atoms with Crippen molar-refractivity contribution in [1.29, 1.82) is 0 Å². The first-order valence-corrected chi connectivity index (χ1v) is 10.8. The van der Waals surface area contributed by atoms with Gasteiger partial charge >= 0.3 is 0 Å². The number of hydrogen-bond acceptors (Lipinski definition) is 5. The molecular formula is C23H20FN5OS. The number of nitrogens with one attached hydrogen (secondary N) is 1. The smallest absolute Gasteiger partial charge is 0.274 e. The lowest BCUT2D eigenvalue weighted by molar-refractivity contribution is 0.0946. The zero-order valence-electron chi connectivity index (χ0n) is 17.0. The predicted molar refractivity (Wildman–Crippen MR) is 119 cm³/mol. The third-order valence-electron chi connectivity index (χ3n) is 4.87. The second-order valence-electron chi connectivity index (χ2n) is 6.83. The maximum atomic E-state index is 14.2. The van der Waals surface area contributed by atoms with Crippen LogP contribution in [0.1, 0.15) is 21.6 Å². The fourth-order valence-electron chi connectivity index (χ4n) is 3.17. The Hall–Kier alpha value is -3.52. The fourth-order valence-corrected chi connectivity index (χ4v) is 3.58. The van der Waals surface area contributed by atoms with Gasteiger partial charge in [-0.2, -0.15) is 0 Å². The third kappa shape index (κ3) is 4.34. The summed E-state index contributed by atoms with van der Waals surface area (Å²) in [6.07, 6.45) is 3.64. The van der Waals surface area contributed by atoms with Gasteiger partial charge in [0.1, 0.15) is 11.5 Å². The molecule has 0 radical (unpaired) electrons. The summed E-state index contributed by atoms with van der Waals surface area (Å²) < 4.78 is 15.6. The number of benzene rings is 2. The lowest BCUT2D eigenvalue weighted by Crippen LogP contribution is -2.24. The summed E-state index contributed by atoms with van der Waals surface area (Å²) in [6.45, 7) is 2.01. The first kappa shape index (κ1) is 20.7. The van der Waals surface area contributed by atoms with Crippen molar-refractivity contribution in [3.63, 3.8) is 0 Å². The maximum Gasteiger partial charge on any atom is 0.274 e. The molecule has 156 valence electrons. The van der Waals surface area contributed by atoms with Gasteiger partial charge in [-0.15, -0.1) is 16.9 Å². The molecular weight excluding hydrogens is 413 g/mol. The van der Waals surface area contributed by atoms with Crippen LogP contribution in [0, 0.1) is 12.7 Å². The first-order valence-electron chi connectivity index (χ1n) is 9.62. The standard InChI is InChI=1S/C23H20FN5OS/c1-15-18(24)6-5-8-20(15)29-22(19-7-3-4-13-25-19)21(27-28-29)23(30)26-14-16-9-11-17(31-2)12-10-16/h3-13H,14H2,1-2H3,(H,26,30). The van der Waals surface area contributed by atoms with Crippen molar-refractivity contribution in [2.24, 2.45) is 0 Å². The number of hydrogen-bond donors (Lipinski definition) is 1. The Morgan fingerprint density at radius 3 is 2.61 bits per heavy atom. The minimum Gasteiger partial charge on any atom is -0.346 e. The van der Waals surface area contributed by atoms with Gasteiger partial charge in [0.05, 0.1) is 11.4 Å². The van der Waals surface area contributed by atoms with Gasteiger partial charge in [0.2, 0.25) is 0 Å². The number of pyridine rings is 1. The molecule has 31 heavy (non-hydrogen) atoms. The average molecular weight is 434 g/mol. The molecule has 8 heteroatoms. The summed E-state index contributed by atoms with van der Waals surface area (Å²) in [5.41, 5.74) is 2.93. The number of nitrogens with zero attached hydrogens (tertiary/aromatic N) is 4. The number of amides is 1. The summed E-state index contributed by atoms with van der Waals surface area (Å²) in [6, 6.07) is 18.0. The van der Waals surface area contributed by atoms with Crippen molar-refractivity contribution < 1.29 is 9.18 Å². The van der Waals surface area contributed by atoms with Gasteiger partial charge < -0.3 is 5.32 Å². The van der Waals surface area contributed by atoms with Crippen LogP contribution >= 0.6 is 11.8 Å². The molecule has 0 saturated heterocycles. The van der Waals surface area contributed by atoms with E-state index in [0.717, 1.165) is 10.5 Å². The average Bonchev–Trinajstić information content (AvgIpc) is 3.25. The van der Waals surface area contributed by atoms with Gasteiger partial charge in [0, 0.05) is 23.2 Å². The predicted octanol–water partition coefficient (Wildman–Crippen LogP) is 4.43. The normalized spacial score (nSPS) is 10.8. The van der Waals surface area contributed by atoms with Crippen LogP contribution in [0.15, 0.2) is 71.8 Å². The Bertz CT molecular complexity index is 1210. The van der Waals surface area contributed by atoms with Crippen LogP contribution in [0.3, 0.4) is 0 Å². The molecule has 0 saturated carbocycles. The molecule has 2 aromatic heterocycles. The second-order valence-corrected chi connectivity index (χ2v) is 7.71. The highest BCUT2D eigenvalue weighted by Crippen LogP contribution is 2.26. The van der Waals surface area contributed by atoms with E-state index >= 15 is 0 Å². The van der Waals surface area contributed by atoms with Crippen LogP contribution in [-0.2, 0) is 6.54 Å². The molecule has 4 aromatic rings. The highest BCUT2D eigenvalue weighted by molar-refractivity contribution is 7.98. The minimum absolute atomic E-state index is 0.128. The summed E-state index contributed by atoms with van der Waals surface area (Å²) in [5, 5.41) is 11.2. The molecule has 0 aliphatic carbocycles. The Morgan fingerprint density at radius 2 is 1.90 bits per heavy atom. The van der Waals surface area contributed by atoms with Crippen molar-refractivity contribution in [3.8, 4) is 17.1 Å². The van der Waals surface area contributed by atoms with E-state index in [2.05, 4.69) is 20.6 Å². The molecule has 2 heterocycles. The maximum absolute atomic E-state index is 14.2. The van der Waals surface area contributed by atoms with Crippen molar-refractivity contribution >= 4 is 17.7 Å². The van der Waals surface area contributed by atoms with Gasteiger partial charge in [-0.25, -0.2) is 9.07 Å². The van der Waals surface area contributed by atoms with Crippen LogP contribution in [0.2, 0.25) is 0 Å². The largest absolute Gasteiger partial charge is 0.346 e. The van der Waals surface area contributed by atoms with E-state index < -0.39 is 0 Å². The summed E-state index contributed by atoms with van der Waals surface area (Å²) >= 11 is 1.66. The third-order valence-corrected chi connectivity index (χ3v) is 5.62. The van der Waals surface area contributed by atoms with E-state index in [1.165, 1.54) is 10.7 Å². The lowest BCUT2D eigenvalue weighted by atomic mass is 10.1. The van der Waals surface area contributed by atoms with Gasteiger partial charge in [-0.05, 0) is 55.1 Å². The quantitative estimate of drug-likeness (QED) is 0.456. The number of thioether (sulfide) groups is 1. The molecule has 0 fully saturated rings. The molecule has 0 unspecified atom stereocenters. The van der Waals surface area contributed by atoms with Crippen molar-refractivity contribution in [2.45, 2.75) is 18.4 Å². The second kappa shape index (κ2) is 9.09. The molecule has 6 nitrogen and oxygen atoms in total. The van der Waals surface area contributed by atoms with Crippen LogP contribution in [-0.4, -0.2) is 32.1 Å². The SMILES string of the molecule is CSc1ccc(CNC(=O)c2nnn(-c3cccc(F)c3C)c2-c2ccccn2)cc1. The summed E-state index contributed by atoms with van der Waals surface area (Å²) in [4.78, 5) is 18.5. The minimum atomic E-state index is -0.380. The van der Waals surface area contributed by atoms with Crippen LogP contribution in [0.5, 0.6) is 0 Å². The zero-order chi connectivity index (χ0) is 21.8. The topological polar surface area (TPSA) is 72.7 Å². The summed E-state index contributed by atoms with van der Waals surface area (Å²) in [5.74, 6) is -0.741. The Labute approximate surface area is 183 Å². The number of rotatable bonds is 6. The molecule has 0 aliphatic heterocycles. The van der Waals surface area contributed by atoms with E-state index in [1.54, 1.807) is 49.1 Å². The molecule has 2 aromatic carbocycles. The summed E-state index contributed by atoms with van der Waals surface area (Å²) in [7, 11) is 0. The van der Waals surface area contributed by atoms with Crippen molar-refractivity contribution in [3.05, 3.63) is 89.5 Å². The number of carbonyl (C=O) groups excluding carboxylic acids is 1. The first-order chi connectivity index (χ1) is 15.1. The Balaban J connectivity index is 1.69.